The van der Waals surface area contributed by atoms with Crippen LogP contribution in [-0.2, 0) is 33.3 Å². The SMILES string of the molecule is COC(=O)[C@H]1O[C@@H](O[C@H]2CC[C@@]3(C)C(CC[C@@H]4[C@@H]3CC=C3C5CC(C)(C)CC[C@]5(C(=O)O[C@@H]5O[C@H](CO)[C@@H](O)[C@H](O)[C@H]5O)CC[C@]34C)C2(C)C)[C@H](O)[C@@H](O)[C@@H]1O. The van der Waals surface area contributed by atoms with Gasteiger partial charge in [-0.25, -0.2) is 4.79 Å². The second kappa shape index (κ2) is 14.8. The van der Waals surface area contributed by atoms with E-state index in [0.29, 0.717) is 31.1 Å². The fourth-order valence-corrected chi connectivity index (χ4v) is 13.2. The van der Waals surface area contributed by atoms with Crippen molar-refractivity contribution >= 4 is 11.9 Å². The number of ether oxygens (including phenoxy) is 5. The predicted molar refractivity (Wildman–Crippen MR) is 198 cm³/mol. The van der Waals surface area contributed by atoms with Crippen molar-refractivity contribution in [2.75, 3.05) is 13.7 Å². The summed E-state index contributed by atoms with van der Waals surface area (Å²) in [6, 6.07) is 0. The first-order valence-electron chi connectivity index (χ1n) is 20.8. The molecule has 0 aromatic carbocycles. The summed E-state index contributed by atoms with van der Waals surface area (Å²) in [5, 5.41) is 73.1. The number of carbonyl (C=O) groups is 2. The van der Waals surface area contributed by atoms with Crippen LogP contribution in [0.1, 0.15) is 106 Å². The number of aliphatic hydroxyl groups is 7. The zero-order valence-electron chi connectivity index (χ0n) is 34.0. The van der Waals surface area contributed by atoms with Crippen LogP contribution in [0.15, 0.2) is 11.6 Å². The molecule has 18 atom stereocenters. The molecule has 0 bridgehead atoms. The molecule has 4 saturated carbocycles. The maximum Gasteiger partial charge on any atom is 0.337 e. The molecule has 6 fully saturated rings. The lowest BCUT2D eigenvalue weighted by molar-refractivity contribution is -0.323. The van der Waals surface area contributed by atoms with Crippen molar-refractivity contribution in [1.82, 2.24) is 0 Å². The number of fused-ring (bicyclic) bond motifs is 7. The topological polar surface area (TPSA) is 222 Å². The maximum atomic E-state index is 14.5. The first-order valence-corrected chi connectivity index (χ1v) is 20.8. The molecular weight excluding hydrogens is 728 g/mol. The molecule has 0 aromatic rings. The minimum atomic E-state index is -1.66. The molecule has 7 N–H and O–H groups in total. The maximum absolute atomic E-state index is 14.5. The summed E-state index contributed by atoms with van der Waals surface area (Å²) in [6.45, 7) is 13.1. The molecule has 7 aliphatic rings. The first-order chi connectivity index (χ1) is 26.2. The molecule has 0 spiro atoms. The van der Waals surface area contributed by atoms with Gasteiger partial charge in [0.1, 0.15) is 42.7 Å². The lowest BCUT2D eigenvalue weighted by Crippen LogP contribution is -2.64. The van der Waals surface area contributed by atoms with E-state index in [0.717, 1.165) is 44.9 Å². The fourth-order valence-electron chi connectivity index (χ4n) is 13.2. The molecule has 0 radical (unpaired) electrons. The van der Waals surface area contributed by atoms with E-state index in [1.54, 1.807) is 0 Å². The molecule has 2 aliphatic heterocycles. The Balaban J connectivity index is 1.13. The average molecular weight is 795 g/mol. The van der Waals surface area contributed by atoms with Crippen molar-refractivity contribution < 1.29 is 69.0 Å². The molecule has 7 rings (SSSR count). The molecule has 14 nitrogen and oxygen atoms in total. The molecule has 318 valence electrons. The van der Waals surface area contributed by atoms with Gasteiger partial charge in [0.15, 0.2) is 12.4 Å². The summed E-state index contributed by atoms with van der Waals surface area (Å²) in [6.07, 6.45) is -5.10. The molecule has 0 amide bonds. The number of esters is 2. The zero-order chi connectivity index (χ0) is 40.9. The van der Waals surface area contributed by atoms with E-state index >= 15 is 0 Å². The van der Waals surface area contributed by atoms with E-state index < -0.39 is 85.4 Å². The normalized spacial score (nSPS) is 50.9. The van der Waals surface area contributed by atoms with Gasteiger partial charge < -0.3 is 59.4 Å². The number of hydrogen-bond acceptors (Lipinski definition) is 14. The quantitative estimate of drug-likeness (QED) is 0.116. The van der Waals surface area contributed by atoms with E-state index in [4.69, 9.17) is 23.7 Å². The van der Waals surface area contributed by atoms with Crippen molar-refractivity contribution in [1.29, 1.82) is 0 Å². The van der Waals surface area contributed by atoms with Crippen LogP contribution in [0, 0.1) is 50.7 Å². The minimum absolute atomic E-state index is 0.0137. The Morgan fingerprint density at radius 2 is 1.43 bits per heavy atom. The van der Waals surface area contributed by atoms with E-state index in [9.17, 15) is 45.3 Å². The van der Waals surface area contributed by atoms with Crippen LogP contribution >= 0.6 is 0 Å². The van der Waals surface area contributed by atoms with E-state index in [1.807, 2.05) is 0 Å². The molecule has 2 heterocycles. The van der Waals surface area contributed by atoms with Crippen molar-refractivity contribution in [3.63, 3.8) is 0 Å². The van der Waals surface area contributed by atoms with Crippen LogP contribution in [0.4, 0.5) is 0 Å². The van der Waals surface area contributed by atoms with Crippen molar-refractivity contribution in [3.05, 3.63) is 11.6 Å². The fraction of sp³-hybridized carbons (Fsp3) is 0.905. The number of rotatable bonds is 6. The zero-order valence-corrected chi connectivity index (χ0v) is 34.0. The Labute approximate surface area is 329 Å². The third kappa shape index (κ3) is 6.51. The minimum Gasteiger partial charge on any atom is -0.467 e. The van der Waals surface area contributed by atoms with Crippen molar-refractivity contribution in [2.45, 2.75) is 173 Å². The molecule has 5 aliphatic carbocycles. The highest BCUT2D eigenvalue weighted by molar-refractivity contribution is 5.79. The van der Waals surface area contributed by atoms with Crippen molar-refractivity contribution in [3.8, 4) is 0 Å². The Hall–Kier alpha value is -1.72. The summed E-state index contributed by atoms with van der Waals surface area (Å²) < 4.78 is 28.6. The van der Waals surface area contributed by atoms with Gasteiger partial charge >= 0.3 is 11.9 Å². The van der Waals surface area contributed by atoms with Gasteiger partial charge in [0, 0.05) is 0 Å². The number of carbonyl (C=O) groups excluding carboxylic acids is 2. The highest BCUT2D eigenvalue weighted by Gasteiger charge is 2.66. The third-order valence-electron chi connectivity index (χ3n) is 16.6. The Kier molecular flexibility index (Phi) is 11.2. The van der Waals surface area contributed by atoms with E-state index in [1.165, 1.54) is 12.7 Å². The Bertz CT molecular complexity index is 1530. The number of aliphatic hydroxyl groups excluding tert-OH is 7. The van der Waals surface area contributed by atoms with Gasteiger partial charge in [-0.3, -0.25) is 4.79 Å². The summed E-state index contributed by atoms with van der Waals surface area (Å²) in [7, 11) is 1.17. The van der Waals surface area contributed by atoms with Crippen LogP contribution < -0.4 is 0 Å². The largest absolute Gasteiger partial charge is 0.467 e. The number of allylic oxidation sites excluding steroid dienone is 2. The van der Waals surface area contributed by atoms with Gasteiger partial charge in [-0.15, -0.1) is 0 Å². The summed E-state index contributed by atoms with van der Waals surface area (Å²) >= 11 is 0. The molecule has 14 heteroatoms. The van der Waals surface area contributed by atoms with Gasteiger partial charge in [-0.05, 0) is 110 Å². The van der Waals surface area contributed by atoms with Gasteiger partial charge in [0.2, 0.25) is 6.29 Å². The van der Waals surface area contributed by atoms with Gasteiger partial charge in [-0.2, -0.15) is 0 Å². The van der Waals surface area contributed by atoms with Crippen molar-refractivity contribution in [2.24, 2.45) is 50.7 Å². The first kappa shape index (κ1) is 42.4. The Morgan fingerprint density at radius 3 is 2.11 bits per heavy atom. The van der Waals surface area contributed by atoms with Gasteiger partial charge in [0.05, 0.1) is 25.2 Å². The van der Waals surface area contributed by atoms with Crippen LogP contribution in [0.3, 0.4) is 0 Å². The highest BCUT2D eigenvalue weighted by atomic mass is 16.7. The molecule has 2 saturated heterocycles. The number of methoxy groups -OCH3 is 1. The predicted octanol–water partition coefficient (Wildman–Crippen LogP) is 2.11. The van der Waals surface area contributed by atoms with Crippen LogP contribution in [0.25, 0.3) is 0 Å². The molecule has 56 heavy (non-hydrogen) atoms. The number of hydrogen-bond donors (Lipinski definition) is 7. The molecular formula is C42H66O14. The average Bonchev–Trinajstić information content (AvgIpc) is 3.15. The van der Waals surface area contributed by atoms with Crippen LogP contribution in [0.5, 0.6) is 0 Å². The summed E-state index contributed by atoms with van der Waals surface area (Å²) in [5.74, 6) is -0.397. The molecule has 2 unspecified atom stereocenters. The summed E-state index contributed by atoms with van der Waals surface area (Å²) in [4.78, 5) is 26.9. The third-order valence-corrected chi connectivity index (χ3v) is 16.6. The van der Waals surface area contributed by atoms with Crippen LogP contribution in [-0.4, -0.2) is 129 Å². The standard InChI is InChI=1S/C42H66O14/c1-38(2)14-16-42(37(51)56-35-31(48)28(45)27(44)24(19-43)53-35)17-15-40(5)20-10-11-25-39(3,4)26(12-13-41(25,6)21(20)8-9-22(40)23(42)18-38)54-36-32(49)29(46)30(47)33(55-36)34(50)52-7/h9,20-21,23-33,35-36,43-49H,8,10-19H2,1-7H3/t20-,21+,23?,24-,25?,26+,27-,28+,29+,30+,31-,32-,33+,35+,36-,40+,41-,42+/m1/s1. The highest BCUT2D eigenvalue weighted by Crippen LogP contribution is 2.72. The lowest BCUT2D eigenvalue weighted by atomic mass is 9.38. The summed E-state index contributed by atoms with van der Waals surface area (Å²) in [5.41, 5.74) is -0.0917. The second-order valence-corrected chi connectivity index (χ2v) is 20.2. The lowest BCUT2D eigenvalue weighted by Gasteiger charge is -2.67. The smallest absolute Gasteiger partial charge is 0.337 e. The van der Waals surface area contributed by atoms with Crippen LogP contribution in [0.2, 0.25) is 0 Å². The van der Waals surface area contributed by atoms with E-state index in [-0.39, 0.29) is 39.6 Å². The second-order valence-electron chi connectivity index (χ2n) is 20.2. The monoisotopic (exact) mass is 794 g/mol. The molecule has 0 aromatic heterocycles. The van der Waals surface area contributed by atoms with Gasteiger partial charge in [-0.1, -0.05) is 53.2 Å². The van der Waals surface area contributed by atoms with E-state index in [2.05, 4.69) is 47.6 Å². The van der Waals surface area contributed by atoms with Gasteiger partial charge in [0.25, 0.3) is 0 Å². The Morgan fingerprint density at radius 1 is 0.768 bits per heavy atom.